The van der Waals surface area contributed by atoms with Gasteiger partial charge in [0.15, 0.2) is 0 Å². The molecule has 0 radical (unpaired) electrons. The van der Waals surface area contributed by atoms with Crippen molar-refractivity contribution in [2.75, 3.05) is 0 Å². The zero-order chi connectivity index (χ0) is 37.1. The third-order valence-corrected chi connectivity index (χ3v) is 12.6. The van der Waals surface area contributed by atoms with E-state index in [2.05, 4.69) is 178 Å². The van der Waals surface area contributed by atoms with Crippen molar-refractivity contribution in [2.45, 2.75) is 9.79 Å². The summed E-state index contributed by atoms with van der Waals surface area (Å²) in [6, 6.07) is 55.0. The minimum atomic E-state index is 0.929. The molecule has 0 aliphatic rings. The highest BCUT2D eigenvalue weighted by Crippen LogP contribution is 2.42. The quantitative estimate of drug-likeness (QED) is 0.123. The van der Waals surface area contributed by atoms with Gasteiger partial charge in [-0.15, -0.1) is 59.3 Å². The second kappa shape index (κ2) is 15.6. The highest BCUT2D eigenvalue weighted by Gasteiger charge is 2.19. The number of benzene rings is 4. The number of thiophene rings is 3. The Hall–Kier alpha value is -5.64. The summed E-state index contributed by atoms with van der Waals surface area (Å²) in [5.41, 5.74) is 10.7. The predicted octanol–water partition coefficient (Wildman–Crippen LogP) is 13.5. The smallest absolute Gasteiger partial charge is 0.0635 e. The van der Waals surface area contributed by atoms with E-state index >= 15 is 0 Å². The first kappa shape index (κ1) is 35.1. The Kier molecular flexibility index (Phi) is 9.96. The summed E-state index contributed by atoms with van der Waals surface area (Å²) in [4.78, 5) is 6.68. The second-order valence-electron chi connectivity index (χ2n) is 12.7. The summed E-state index contributed by atoms with van der Waals surface area (Å²) in [7, 11) is 0. The molecule has 0 fully saturated rings. The Bertz CT molecular complexity index is 2650. The molecule has 0 bridgehead atoms. The van der Waals surface area contributed by atoms with Crippen LogP contribution in [0.1, 0.15) is 22.3 Å². The van der Waals surface area contributed by atoms with Crippen molar-refractivity contribution in [1.82, 2.24) is 9.13 Å². The summed E-state index contributed by atoms with van der Waals surface area (Å²) in [6.45, 7) is 0. The van der Waals surface area contributed by atoms with Crippen LogP contribution in [0.4, 0.5) is 0 Å². The molecule has 7 heteroatoms. The summed E-state index contributed by atoms with van der Waals surface area (Å²) in [6.07, 6.45) is 0. The molecule has 0 unspecified atom stereocenters. The van der Waals surface area contributed by atoms with E-state index in [0.29, 0.717) is 0 Å². The molecule has 0 spiro atoms. The van der Waals surface area contributed by atoms with Crippen LogP contribution in [0, 0.1) is 23.7 Å². The molecule has 0 amide bonds. The summed E-state index contributed by atoms with van der Waals surface area (Å²) in [5, 5.41) is 4.27. The lowest BCUT2D eigenvalue weighted by molar-refractivity contribution is 1.10. The second-order valence-corrected chi connectivity index (χ2v) is 16.7. The minimum absolute atomic E-state index is 0.929. The van der Waals surface area contributed by atoms with Crippen LogP contribution in [0.2, 0.25) is 0 Å². The van der Waals surface area contributed by atoms with E-state index in [1.165, 1.54) is 19.5 Å². The number of hydrogen-bond donors (Lipinski definition) is 2. The molecule has 0 saturated heterocycles. The van der Waals surface area contributed by atoms with Crippen molar-refractivity contribution in [3.63, 3.8) is 0 Å². The first-order valence-corrected chi connectivity index (χ1v) is 21.0. The molecule has 0 saturated carbocycles. The van der Waals surface area contributed by atoms with Crippen LogP contribution in [0.3, 0.4) is 0 Å². The molecule has 2 nitrogen and oxygen atoms in total. The Labute approximate surface area is 343 Å². The first-order chi connectivity index (χ1) is 27.1. The van der Waals surface area contributed by atoms with Gasteiger partial charge in [-0.05, 0) is 156 Å². The minimum Gasteiger partial charge on any atom is -0.308 e. The lowest BCUT2D eigenvalue weighted by Crippen LogP contribution is -1.98. The van der Waals surface area contributed by atoms with E-state index in [1.807, 2.05) is 59.9 Å². The van der Waals surface area contributed by atoms with E-state index < -0.39 is 0 Å². The fourth-order valence-electron chi connectivity index (χ4n) is 6.43. The molecule has 0 N–H and O–H groups in total. The molecular weight excluding hydrogens is 765 g/mol. The van der Waals surface area contributed by atoms with Gasteiger partial charge in [-0.1, -0.05) is 35.8 Å². The Morgan fingerprint density at radius 3 is 1.00 bits per heavy atom. The summed E-state index contributed by atoms with van der Waals surface area (Å²) < 4.78 is 4.74. The molecule has 0 atom stereocenters. The van der Waals surface area contributed by atoms with Gasteiger partial charge >= 0.3 is 0 Å². The number of nitrogens with zero attached hydrogens (tertiary/aromatic N) is 2. The molecule has 0 aliphatic heterocycles. The number of rotatable bonds is 6. The molecule has 4 aromatic carbocycles. The van der Waals surface area contributed by atoms with Crippen LogP contribution in [-0.4, -0.2) is 9.13 Å². The van der Waals surface area contributed by atoms with Gasteiger partial charge in [-0.3, -0.25) is 0 Å². The fraction of sp³-hybridized carbons (Fsp3) is 0. The van der Waals surface area contributed by atoms with Crippen LogP contribution in [0.5, 0.6) is 0 Å². The average molecular weight is 795 g/mol. The number of aromatic nitrogens is 2. The van der Waals surface area contributed by atoms with Crippen LogP contribution >= 0.6 is 59.3 Å². The molecule has 9 aromatic rings. The largest absolute Gasteiger partial charge is 0.308 e. The number of thiol groups is 2. The van der Waals surface area contributed by atoms with Crippen molar-refractivity contribution in [3.8, 4) is 77.3 Å². The molecule has 55 heavy (non-hydrogen) atoms. The standard InChI is InChI=1S/C48H30N2S5/c51-39-21-13-35(14-22-39)7-5-33-9-17-37(18-10-33)49-41(45-3-1-31-53-45)25-27-43(49)47-29-30-48(55-47)44-28-26-42(46-4-2-32-54-46)50(44)38-19-11-34(12-20-38)6-8-36-15-23-40(52)24-16-36/h1-4,9-32,51-52H. The van der Waals surface area contributed by atoms with Crippen LogP contribution in [0.15, 0.2) is 178 Å². The molecule has 5 heterocycles. The lowest BCUT2D eigenvalue weighted by atomic mass is 10.1. The fourth-order valence-corrected chi connectivity index (χ4v) is 9.24. The van der Waals surface area contributed by atoms with Crippen molar-refractivity contribution >= 4 is 59.3 Å². The van der Waals surface area contributed by atoms with Gasteiger partial charge in [-0.25, -0.2) is 0 Å². The van der Waals surface area contributed by atoms with E-state index in [-0.39, 0.29) is 0 Å². The maximum atomic E-state index is 4.39. The predicted molar refractivity (Wildman–Crippen MR) is 240 cm³/mol. The average Bonchev–Trinajstić information content (AvgIpc) is 4.07. The van der Waals surface area contributed by atoms with Gasteiger partial charge in [0, 0.05) is 43.4 Å². The first-order valence-electron chi connectivity index (χ1n) is 17.5. The van der Waals surface area contributed by atoms with Crippen molar-refractivity contribution < 1.29 is 0 Å². The van der Waals surface area contributed by atoms with Crippen molar-refractivity contribution in [1.29, 1.82) is 0 Å². The van der Waals surface area contributed by atoms with Gasteiger partial charge < -0.3 is 9.13 Å². The van der Waals surface area contributed by atoms with Crippen molar-refractivity contribution in [3.05, 3.63) is 191 Å². The van der Waals surface area contributed by atoms with Crippen LogP contribution in [-0.2, 0) is 0 Å². The monoisotopic (exact) mass is 794 g/mol. The van der Waals surface area contributed by atoms with E-state index in [0.717, 1.165) is 66.2 Å². The van der Waals surface area contributed by atoms with Gasteiger partial charge in [0.2, 0.25) is 0 Å². The zero-order valence-electron chi connectivity index (χ0n) is 29.2. The Morgan fingerprint density at radius 1 is 0.345 bits per heavy atom. The zero-order valence-corrected chi connectivity index (χ0v) is 33.4. The maximum Gasteiger partial charge on any atom is 0.0635 e. The van der Waals surface area contributed by atoms with E-state index in [4.69, 9.17) is 0 Å². The Balaban J connectivity index is 1.07. The van der Waals surface area contributed by atoms with Gasteiger partial charge in [-0.2, -0.15) is 0 Å². The topological polar surface area (TPSA) is 9.86 Å². The SMILES string of the molecule is Sc1ccc(C#Cc2ccc(-n3c(-c4cccs4)ccc3-c3ccc(-c4ccc(-c5cccs5)n4-c4ccc(C#Cc5ccc(S)cc5)cc4)s3)cc2)cc1. The number of hydrogen-bond acceptors (Lipinski definition) is 5. The van der Waals surface area contributed by atoms with Gasteiger partial charge in [0.05, 0.1) is 42.3 Å². The van der Waals surface area contributed by atoms with Gasteiger partial charge in [0.1, 0.15) is 0 Å². The van der Waals surface area contributed by atoms with E-state index in [1.54, 1.807) is 22.7 Å². The molecule has 9 rings (SSSR count). The summed E-state index contributed by atoms with van der Waals surface area (Å²) >= 11 is 14.1. The highest BCUT2D eigenvalue weighted by atomic mass is 32.1. The van der Waals surface area contributed by atoms with Crippen LogP contribution < -0.4 is 0 Å². The third kappa shape index (κ3) is 7.55. The maximum absolute atomic E-state index is 4.39. The molecular formula is C48H30N2S5. The molecule has 0 aliphatic carbocycles. The third-order valence-electron chi connectivity index (χ3n) is 9.11. The highest BCUT2D eigenvalue weighted by molar-refractivity contribution is 7.80. The summed E-state index contributed by atoms with van der Waals surface area (Å²) in [5.74, 6) is 13.2. The van der Waals surface area contributed by atoms with Crippen LogP contribution in [0.25, 0.3) is 53.7 Å². The van der Waals surface area contributed by atoms with Crippen molar-refractivity contribution in [2.24, 2.45) is 0 Å². The van der Waals surface area contributed by atoms with Gasteiger partial charge in [0.25, 0.3) is 0 Å². The lowest BCUT2D eigenvalue weighted by Gasteiger charge is -2.13. The molecule has 262 valence electrons. The van der Waals surface area contributed by atoms with E-state index in [9.17, 15) is 0 Å². The Morgan fingerprint density at radius 2 is 0.673 bits per heavy atom. The normalized spacial score (nSPS) is 10.8. The molecule has 5 aromatic heterocycles.